The molecule has 1 aliphatic rings. The average molecular weight is 250 g/mol. The molecule has 1 aliphatic heterocycles. The highest BCUT2D eigenvalue weighted by atomic mass is 35.5. The lowest BCUT2D eigenvalue weighted by Crippen LogP contribution is -2.55. The molecule has 6 heteroatoms. The fraction of sp³-hybridized carbons (Fsp3) is 0.800. The highest BCUT2D eigenvalue weighted by Gasteiger charge is 2.32. The molecule has 3 N–H and O–H groups in total. The first-order valence-corrected chi connectivity index (χ1v) is 5.35. The zero-order chi connectivity index (χ0) is 11.4. The van der Waals surface area contributed by atoms with Crippen LogP contribution in [0.25, 0.3) is 0 Å². The van der Waals surface area contributed by atoms with Gasteiger partial charge in [-0.05, 0) is 26.2 Å². The second-order valence-corrected chi connectivity index (χ2v) is 3.95. The Kier molecular flexibility index (Phi) is 6.36. The number of amides is 2. The summed E-state index contributed by atoms with van der Waals surface area (Å²) < 4.78 is 0. The van der Waals surface area contributed by atoms with Crippen molar-refractivity contribution in [1.82, 2.24) is 10.2 Å². The van der Waals surface area contributed by atoms with Crippen LogP contribution in [0.2, 0.25) is 0 Å². The summed E-state index contributed by atoms with van der Waals surface area (Å²) in [7, 11) is 1.59. The van der Waals surface area contributed by atoms with Gasteiger partial charge in [0.1, 0.15) is 6.04 Å². The van der Waals surface area contributed by atoms with Crippen molar-refractivity contribution >= 4 is 24.2 Å². The summed E-state index contributed by atoms with van der Waals surface area (Å²) in [6.45, 7) is 2.29. The number of nitrogens with zero attached hydrogens (tertiary/aromatic N) is 1. The van der Waals surface area contributed by atoms with Gasteiger partial charge in [0.15, 0.2) is 0 Å². The molecule has 0 aromatic heterocycles. The van der Waals surface area contributed by atoms with Crippen LogP contribution in [-0.2, 0) is 9.59 Å². The molecule has 2 amide bonds. The maximum absolute atomic E-state index is 11.7. The summed E-state index contributed by atoms with van der Waals surface area (Å²) >= 11 is 0. The van der Waals surface area contributed by atoms with E-state index in [1.807, 2.05) is 0 Å². The third-order valence-electron chi connectivity index (χ3n) is 2.72. The number of carbonyl (C=O) groups is 2. The van der Waals surface area contributed by atoms with Crippen molar-refractivity contribution in [3.8, 4) is 0 Å². The molecular weight excluding hydrogens is 230 g/mol. The standard InChI is InChI=1S/C10H19N3O2.ClH/c1-7(11)10(15)13-6-4-3-5-8(13)9(14)12-2;/h7-8H,3-6,11H2,1-2H3,(H,12,14);1H/t7-,8?;/m0./s1. The highest BCUT2D eigenvalue weighted by Crippen LogP contribution is 2.17. The molecule has 16 heavy (non-hydrogen) atoms. The molecule has 1 fully saturated rings. The van der Waals surface area contributed by atoms with Crippen LogP contribution in [0.5, 0.6) is 0 Å². The first kappa shape index (κ1) is 15.2. The SMILES string of the molecule is CNC(=O)C1CCCCN1C(=O)[C@H](C)N.Cl. The number of rotatable bonds is 2. The molecule has 0 bridgehead atoms. The number of hydrogen-bond acceptors (Lipinski definition) is 3. The third kappa shape index (κ3) is 3.35. The normalized spacial score (nSPS) is 21.9. The molecule has 1 saturated heterocycles. The average Bonchev–Trinajstić information content (AvgIpc) is 2.27. The van der Waals surface area contributed by atoms with Gasteiger partial charge in [0.25, 0.3) is 0 Å². The Morgan fingerprint density at radius 3 is 2.56 bits per heavy atom. The molecule has 94 valence electrons. The van der Waals surface area contributed by atoms with Crippen molar-refractivity contribution in [3.05, 3.63) is 0 Å². The van der Waals surface area contributed by atoms with E-state index in [0.29, 0.717) is 6.54 Å². The minimum Gasteiger partial charge on any atom is -0.357 e. The second-order valence-electron chi connectivity index (χ2n) is 3.95. The summed E-state index contributed by atoms with van der Waals surface area (Å²) in [5, 5.41) is 2.58. The summed E-state index contributed by atoms with van der Waals surface area (Å²) in [5.41, 5.74) is 5.55. The van der Waals surface area contributed by atoms with E-state index >= 15 is 0 Å². The molecule has 0 aromatic carbocycles. The first-order valence-electron chi connectivity index (χ1n) is 5.35. The summed E-state index contributed by atoms with van der Waals surface area (Å²) in [6, 6.07) is -0.863. The summed E-state index contributed by atoms with van der Waals surface area (Å²) in [6.07, 6.45) is 2.67. The number of carbonyl (C=O) groups excluding carboxylic acids is 2. The van der Waals surface area contributed by atoms with Crippen LogP contribution in [0, 0.1) is 0 Å². The van der Waals surface area contributed by atoms with Crippen LogP contribution >= 0.6 is 12.4 Å². The Labute approximate surface area is 102 Å². The molecule has 1 rings (SSSR count). The van der Waals surface area contributed by atoms with Crippen molar-refractivity contribution in [2.24, 2.45) is 5.73 Å². The van der Waals surface area contributed by atoms with E-state index in [9.17, 15) is 9.59 Å². The smallest absolute Gasteiger partial charge is 0.242 e. The van der Waals surface area contributed by atoms with E-state index in [2.05, 4.69) is 5.32 Å². The lowest BCUT2D eigenvalue weighted by Gasteiger charge is -2.35. The van der Waals surface area contributed by atoms with Crippen LogP contribution < -0.4 is 11.1 Å². The lowest BCUT2D eigenvalue weighted by atomic mass is 10.0. The van der Waals surface area contributed by atoms with E-state index in [4.69, 9.17) is 5.73 Å². The number of likely N-dealkylation sites (N-methyl/N-ethyl adjacent to an activating group) is 1. The summed E-state index contributed by atoms with van der Waals surface area (Å²) in [4.78, 5) is 24.9. The minimum atomic E-state index is -0.532. The Bertz CT molecular complexity index is 258. The van der Waals surface area contributed by atoms with Gasteiger partial charge in [-0.3, -0.25) is 9.59 Å². The van der Waals surface area contributed by atoms with Gasteiger partial charge < -0.3 is 16.0 Å². The number of piperidine rings is 1. The minimum absolute atomic E-state index is 0. The van der Waals surface area contributed by atoms with E-state index in [-0.39, 0.29) is 30.3 Å². The van der Waals surface area contributed by atoms with Crippen molar-refractivity contribution in [2.75, 3.05) is 13.6 Å². The van der Waals surface area contributed by atoms with Crippen molar-refractivity contribution in [2.45, 2.75) is 38.3 Å². The Morgan fingerprint density at radius 1 is 1.44 bits per heavy atom. The Morgan fingerprint density at radius 2 is 2.06 bits per heavy atom. The van der Waals surface area contributed by atoms with Gasteiger partial charge in [0, 0.05) is 13.6 Å². The van der Waals surface area contributed by atoms with Crippen LogP contribution in [0.1, 0.15) is 26.2 Å². The molecule has 0 saturated carbocycles. The number of halogens is 1. The third-order valence-corrected chi connectivity index (χ3v) is 2.72. The van der Waals surface area contributed by atoms with Gasteiger partial charge in [0.2, 0.25) is 11.8 Å². The predicted molar refractivity (Wildman–Crippen MR) is 64.3 cm³/mol. The zero-order valence-electron chi connectivity index (χ0n) is 9.73. The predicted octanol–water partition coefficient (Wildman–Crippen LogP) is -0.118. The zero-order valence-corrected chi connectivity index (χ0v) is 10.5. The molecule has 0 spiro atoms. The van der Waals surface area contributed by atoms with E-state index < -0.39 is 6.04 Å². The van der Waals surface area contributed by atoms with Crippen LogP contribution in [0.4, 0.5) is 0 Å². The number of nitrogens with one attached hydrogen (secondary N) is 1. The fourth-order valence-electron chi connectivity index (χ4n) is 1.90. The molecule has 2 atom stereocenters. The topological polar surface area (TPSA) is 75.4 Å². The maximum Gasteiger partial charge on any atom is 0.242 e. The molecule has 5 nitrogen and oxygen atoms in total. The van der Waals surface area contributed by atoms with Gasteiger partial charge in [-0.25, -0.2) is 0 Å². The van der Waals surface area contributed by atoms with Crippen molar-refractivity contribution < 1.29 is 9.59 Å². The van der Waals surface area contributed by atoms with Crippen molar-refractivity contribution in [1.29, 1.82) is 0 Å². The Balaban J connectivity index is 0.00000225. The van der Waals surface area contributed by atoms with E-state index in [0.717, 1.165) is 19.3 Å². The molecule has 0 radical (unpaired) electrons. The van der Waals surface area contributed by atoms with Crippen LogP contribution in [0.15, 0.2) is 0 Å². The van der Waals surface area contributed by atoms with Gasteiger partial charge in [-0.2, -0.15) is 0 Å². The van der Waals surface area contributed by atoms with Crippen LogP contribution in [0.3, 0.4) is 0 Å². The molecule has 1 heterocycles. The molecule has 1 unspecified atom stereocenters. The van der Waals surface area contributed by atoms with Crippen LogP contribution in [-0.4, -0.2) is 42.4 Å². The monoisotopic (exact) mass is 249 g/mol. The Hall–Kier alpha value is -0.810. The first-order chi connectivity index (χ1) is 7.07. The van der Waals surface area contributed by atoms with Gasteiger partial charge in [-0.15, -0.1) is 12.4 Å². The summed E-state index contributed by atoms with van der Waals surface area (Å²) in [5.74, 6) is -0.230. The molecule has 0 aliphatic carbocycles. The highest BCUT2D eigenvalue weighted by molar-refractivity contribution is 5.89. The van der Waals surface area contributed by atoms with E-state index in [1.165, 1.54) is 0 Å². The quantitative estimate of drug-likeness (QED) is 0.717. The largest absolute Gasteiger partial charge is 0.357 e. The van der Waals surface area contributed by atoms with Gasteiger partial charge in [-0.1, -0.05) is 0 Å². The van der Waals surface area contributed by atoms with Gasteiger partial charge in [0.05, 0.1) is 6.04 Å². The number of nitrogens with two attached hydrogens (primary N) is 1. The number of likely N-dealkylation sites (tertiary alicyclic amines) is 1. The number of hydrogen-bond donors (Lipinski definition) is 2. The lowest BCUT2D eigenvalue weighted by molar-refractivity contribution is -0.142. The maximum atomic E-state index is 11.7. The van der Waals surface area contributed by atoms with E-state index in [1.54, 1.807) is 18.9 Å². The second kappa shape index (κ2) is 6.70. The molecular formula is C10H20ClN3O2. The fourth-order valence-corrected chi connectivity index (χ4v) is 1.90. The van der Waals surface area contributed by atoms with Gasteiger partial charge >= 0.3 is 0 Å². The van der Waals surface area contributed by atoms with Crippen molar-refractivity contribution in [3.63, 3.8) is 0 Å². The molecule has 0 aromatic rings.